The second kappa shape index (κ2) is 15.3. The zero-order valence-corrected chi connectivity index (χ0v) is 23.5. The van der Waals surface area contributed by atoms with Crippen LogP contribution in [0.3, 0.4) is 0 Å². The number of nitrogens with one attached hydrogen (secondary N) is 4. The summed E-state index contributed by atoms with van der Waals surface area (Å²) in [6.07, 6.45) is 0.538. The van der Waals surface area contributed by atoms with Gasteiger partial charge in [0.2, 0.25) is 23.6 Å². The highest BCUT2D eigenvalue weighted by Crippen LogP contribution is 2.24. The van der Waals surface area contributed by atoms with Crippen LogP contribution in [-0.4, -0.2) is 76.4 Å². The van der Waals surface area contributed by atoms with Crippen molar-refractivity contribution in [2.24, 2.45) is 23.5 Å². The molecule has 5 atom stereocenters. The minimum Gasteiger partial charge on any atom is -0.480 e. The third-order valence-electron chi connectivity index (χ3n) is 5.44. The van der Waals surface area contributed by atoms with Gasteiger partial charge in [-0.1, -0.05) is 63.1 Å². The van der Waals surface area contributed by atoms with E-state index in [0.29, 0.717) is 11.5 Å². The predicted octanol–water partition coefficient (Wildman–Crippen LogP) is 0.481. The Hall–Kier alpha value is -1.99. The lowest BCUT2D eigenvalue weighted by atomic mass is 9.98. The molecule has 0 saturated carbocycles. The number of hydrogen-bond acceptors (Lipinski definition) is 8. The Bertz CT molecular complexity index is 795. The van der Waals surface area contributed by atoms with Gasteiger partial charge in [0.15, 0.2) is 0 Å². The molecule has 0 bridgehead atoms. The molecule has 13 heteroatoms. The minimum absolute atomic E-state index is 0.0328. The maximum Gasteiger partial charge on any atom is 0.326 e. The first-order valence-corrected chi connectivity index (χ1v) is 14.7. The summed E-state index contributed by atoms with van der Waals surface area (Å²) in [5.74, 6) is -2.75. The number of carbonyl (C=O) groups excluding carboxylic acids is 4. The molecule has 1 aliphatic heterocycles. The molecule has 36 heavy (non-hydrogen) atoms. The van der Waals surface area contributed by atoms with Crippen LogP contribution in [0.4, 0.5) is 0 Å². The molecule has 0 spiro atoms. The van der Waals surface area contributed by atoms with Crippen LogP contribution in [-0.2, 0) is 24.0 Å². The van der Waals surface area contributed by atoms with E-state index >= 15 is 0 Å². The standard InChI is InChI=1S/C23H41N5O6S2/c1-11(2)7-15(20(30)26-16(23(33)34)8-12(3)4)25-22(32)18(13(5)6)28-21(31)17-10-36-35-9-14(24)19(29)27-17/h11-18H,7-10,24H2,1-6H3,(H,25,32)(H,26,30)(H,27,29)(H,28,31)(H,33,34)/t14-,15-,16+,17-,18+/m1/s1. The number of amides is 4. The summed E-state index contributed by atoms with van der Waals surface area (Å²) in [6.45, 7) is 11.0. The van der Waals surface area contributed by atoms with E-state index in [2.05, 4.69) is 21.3 Å². The van der Waals surface area contributed by atoms with Crippen molar-refractivity contribution in [2.75, 3.05) is 11.5 Å². The van der Waals surface area contributed by atoms with Crippen molar-refractivity contribution in [3.8, 4) is 0 Å². The summed E-state index contributed by atoms with van der Waals surface area (Å²) in [6, 6.07) is -4.62. The zero-order valence-electron chi connectivity index (χ0n) is 21.8. The summed E-state index contributed by atoms with van der Waals surface area (Å²) in [5.41, 5.74) is 5.79. The summed E-state index contributed by atoms with van der Waals surface area (Å²) >= 11 is 0. The van der Waals surface area contributed by atoms with Gasteiger partial charge < -0.3 is 32.1 Å². The second-order valence-electron chi connectivity index (χ2n) is 10.2. The number of rotatable bonds is 12. The third kappa shape index (κ3) is 11.0. The first-order valence-electron chi connectivity index (χ1n) is 12.2. The van der Waals surface area contributed by atoms with Crippen LogP contribution in [0.1, 0.15) is 54.4 Å². The normalized spacial score (nSPS) is 21.1. The van der Waals surface area contributed by atoms with Crippen molar-refractivity contribution in [2.45, 2.75) is 84.6 Å². The van der Waals surface area contributed by atoms with E-state index in [9.17, 15) is 29.1 Å². The molecular weight excluding hydrogens is 506 g/mol. The monoisotopic (exact) mass is 547 g/mol. The second-order valence-corrected chi connectivity index (χ2v) is 12.7. The van der Waals surface area contributed by atoms with Crippen molar-refractivity contribution < 1.29 is 29.1 Å². The molecule has 0 aromatic heterocycles. The Kier molecular flexibility index (Phi) is 13.6. The van der Waals surface area contributed by atoms with Crippen molar-refractivity contribution >= 4 is 51.2 Å². The molecule has 1 fully saturated rings. The fourth-order valence-corrected chi connectivity index (χ4v) is 5.78. The van der Waals surface area contributed by atoms with E-state index in [-0.39, 0.29) is 30.6 Å². The topological polar surface area (TPSA) is 180 Å². The molecule has 1 rings (SSSR count). The molecule has 1 heterocycles. The van der Waals surface area contributed by atoms with E-state index in [1.807, 2.05) is 27.7 Å². The quantitative estimate of drug-likeness (QED) is 0.189. The van der Waals surface area contributed by atoms with Crippen molar-refractivity contribution in [3.63, 3.8) is 0 Å². The first-order chi connectivity index (χ1) is 16.7. The molecule has 1 saturated heterocycles. The van der Waals surface area contributed by atoms with Gasteiger partial charge in [0, 0.05) is 11.5 Å². The van der Waals surface area contributed by atoms with E-state index in [1.165, 1.54) is 21.6 Å². The van der Waals surface area contributed by atoms with Gasteiger partial charge >= 0.3 is 5.97 Å². The van der Waals surface area contributed by atoms with Crippen LogP contribution >= 0.6 is 21.6 Å². The van der Waals surface area contributed by atoms with Gasteiger partial charge in [-0.3, -0.25) is 19.2 Å². The Morgan fingerprint density at radius 3 is 1.97 bits per heavy atom. The largest absolute Gasteiger partial charge is 0.480 e. The van der Waals surface area contributed by atoms with Crippen molar-refractivity contribution in [1.82, 2.24) is 21.3 Å². The molecule has 0 unspecified atom stereocenters. The van der Waals surface area contributed by atoms with Crippen LogP contribution in [0.5, 0.6) is 0 Å². The number of carbonyl (C=O) groups is 5. The van der Waals surface area contributed by atoms with E-state index in [1.54, 1.807) is 13.8 Å². The Balaban J connectivity index is 2.96. The highest BCUT2D eigenvalue weighted by atomic mass is 33.1. The fraction of sp³-hybridized carbons (Fsp3) is 0.783. The van der Waals surface area contributed by atoms with E-state index in [4.69, 9.17) is 5.73 Å². The van der Waals surface area contributed by atoms with Gasteiger partial charge in [-0.2, -0.15) is 0 Å². The lowest BCUT2D eigenvalue weighted by molar-refractivity contribution is -0.143. The molecule has 206 valence electrons. The number of hydrogen-bond donors (Lipinski definition) is 6. The molecular formula is C23H41N5O6S2. The van der Waals surface area contributed by atoms with Crippen molar-refractivity contribution in [1.29, 1.82) is 0 Å². The van der Waals surface area contributed by atoms with Gasteiger partial charge in [0.05, 0.1) is 6.04 Å². The SMILES string of the molecule is CC(C)C[C@H](NC(=O)[C@@H](CC(C)C)NC(=O)[C@@H](NC(=O)[C@H]1CSSC[C@@H](N)C(=O)N1)C(C)C)C(=O)O. The molecule has 7 N–H and O–H groups in total. The summed E-state index contributed by atoms with van der Waals surface area (Å²) in [4.78, 5) is 62.9. The van der Waals surface area contributed by atoms with Crippen LogP contribution in [0.2, 0.25) is 0 Å². The molecule has 0 aliphatic carbocycles. The Labute approximate surface area is 221 Å². The highest BCUT2D eigenvalue weighted by Gasteiger charge is 2.34. The zero-order chi connectivity index (χ0) is 27.6. The first kappa shape index (κ1) is 32.0. The molecule has 11 nitrogen and oxygen atoms in total. The lowest BCUT2D eigenvalue weighted by Crippen LogP contribution is -2.60. The van der Waals surface area contributed by atoms with Crippen LogP contribution in [0.15, 0.2) is 0 Å². The molecule has 4 amide bonds. The van der Waals surface area contributed by atoms with E-state index in [0.717, 1.165) is 0 Å². The van der Waals surface area contributed by atoms with Crippen molar-refractivity contribution in [3.05, 3.63) is 0 Å². The van der Waals surface area contributed by atoms with Crippen LogP contribution < -0.4 is 27.0 Å². The minimum atomic E-state index is -1.14. The Morgan fingerprint density at radius 2 is 1.44 bits per heavy atom. The molecule has 0 aromatic carbocycles. The maximum atomic E-state index is 13.2. The average Bonchev–Trinajstić information content (AvgIpc) is 2.75. The number of aliphatic carboxylic acids is 1. The number of nitrogens with two attached hydrogens (primary N) is 1. The van der Waals surface area contributed by atoms with Crippen LogP contribution in [0.25, 0.3) is 0 Å². The van der Waals surface area contributed by atoms with E-state index < -0.39 is 59.8 Å². The predicted molar refractivity (Wildman–Crippen MR) is 142 cm³/mol. The molecule has 1 aliphatic rings. The summed E-state index contributed by atoms with van der Waals surface area (Å²) < 4.78 is 0. The van der Waals surface area contributed by atoms with Gasteiger partial charge in [0.25, 0.3) is 0 Å². The fourth-order valence-electron chi connectivity index (χ4n) is 3.49. The third-order valence-corrected chi connectivity index (χ3v) is 7.89. The molecule has 0 radical (unpaired) electrons. The van der Waals surface area contributed by atoms with Gasteiger partial charge in [-0.15, -0.1) is 0 Å². The van der Waals surface area contributed by atoms with Gasteiger partial charge in [-0.25, -0.2) is 4.79 Å². The molecule has 0 aromatic rings. The average molecular weight is 548 g/mol. The Morgan fingerprint density at radius 1 is 0.917 bits per heavy atom. The highest BCUT2D eigenvalue weighted by molar-refractivity contribution is 8.76. The van der Waals surface area contributed by atoms with Gasteiger partial charge in [-0.05, 0) is 30.6 Å². The van der Waals surface area contributed by atoms with Crippen LogP contribution in [0, 0.1) is 17.8 Å². The summed E-state index contributed by atoms with van der Waals surface area (Å²) in [7, 11) is 2.81. The summed E-state index contributed by atoms with van der Waals surface area (Å²) in [5, 5.41) is 20.0. The van der Waals surface area contributed by atoms with Gasteiger partial charge in [0.1, 0.15) is 24.2 Å². The lowest BCUT2D eigenvalue weighted by Gasteiger charge is -2.29. The number of carboxylic acid groups (broad SMARTS) is 1. The maximum absolute atomic E-state index is 13.2. The smallest absolute Gasteiger partial charge is 0.326 e. The number of carboxylic acids is 1.